The van der Waals surface area contributed by atoms with Crippen molar-refractivity contribution in [2.24, 2.45) is 5.92 Å². The maximum Gasteiger partial charge on any atom is 0.254 e. The molecule has 1 unspecified atom stereocenters. The number of hydrogen-bond acceptors (Lipinski definition) is 5. The van der Waals surface area contributed by atoms with E-state index in [1.54, 1.807) is 0 Å². The Morgan fingerprint density at radius 2 is 1.86 bits per heavy atom. The molecule has 200 valence electrons. The molecule has 2 N–H and O–H groups in total. The van der Waals surface area contributed by atoms with Gasteiger partial charge in [-0.1, -0.05) is 24.6 Å². The number of halogens is 3. The molecule has 2 aliphatic rings. The van der Waals surface area contributed by atoms with Gasteiger partial charge in [0.2, 0.25) is 5.91 Å². The van der Waals surface area contributed by atoms with E-state index >= 15 is 0 Å². The second-order valence-electron chi connectivity index (χ2n) is 9.55. The second-order valence-corrected chi connectivity index (χ2v) is 12.1. The quantitative estimate of drug-likeness (QED) is 0.455. The van der Waals surface area contributed by atoms with Gasteiger partial charge in [0, 0.05) is 17.2 Å². The Kier molecular flexibility index (Phi) is 8.20. The number of nitrogens with zero attached hydrogens (tertiary/aromatic N) is 1. The summed E-state index contributed by atoms with van der Waals surface area (Å²) in [5.74, 6) is -2.98. The zero-order valence-corrected chi connectivity index (χ0v) is 21.9. The summed E-state index contributed by atoms with van der Waals surface area (Å²) in [5.41, 5.74) is 0.129. The van der Waals surface area contributed by atoms with Crippen molar-refractivity contribution in [2.75, 3.05) is 12.4 Å². The Bertz CT molecular complexity index is 1300. The normalized spacial score (nSPS) is 20.6. The molecule has 0 aromatic heterocycles. The fraction of sp³-hybridized carbons (Fsp3) is 0.462. The van der Waals surface area contributed by atoms with Crippen molar-refractivity contribution in [1.82, 2.24) is 10.2 Å². The highest BCUT2D eigenvalue weighted by molar-refractivity contribution is 7.91. The molecule has 37 heavy (non-hydrogen) atoms. The summed E-state index contributed by atoms with van der Waals surface area (Å²) in [5, 5.41) is 11.6. The maximum absolute atomic E-state index is 14.7. The smallest absolute Gasteiger partial charge is 0.254 e. The van der Waals surface area contributed by atoms with Crippen LogP contribution in [0.1, 0.15) is 61.0 Å². The van der Waals surface area contributed by atoms with Crippen LogP contribution in [0.5, 0.6) is 0 Å². The Morgan fingerprint density at radius 3 is 2.51 bits per heavy atom. The third-order valence-corrected chi connectivity index (χ3v) is 9.06. The van der Waals surface area contributed by atoms with Gasteiger partial charge in [-0.2, -0.15) is 0 Å². The van der Waals surface area contributed by atoms with Crippen LogP contribution in [0.25, 0.3) is 0 Å². The molecule has 2 aromatic rings. The lowest BCUT2D eigenvalue weighted by molar-refractivity contribution is -0.126. The summed E-state index contributed by atoms with van der Waals surface area (Å²) in [4.78, 5) is 28.4. The number of rotatable bonds is 9. The van der Waals surface area contributed by atoms with Gasteiger partial charge in [0.1, 0.15) is 17.7 Å². The number of hydrogen-bond donors (Lipinski definition) is 2. The lowest BCUT2D eigenvalue weighted by Crippen LogP contribution is -2.49. The molecule has 0 spiro atoms. The fourth-order valence-electron chi connectivity index (χ4n) is 4.96. The zero-order valence-electron chi connectivity index (χ0n) is 20.3. The minimum absolute atomic E-state index is 0.0162. The van der Waals surface area contributed by atoms with Gasteiger partial charge in [-0.15, -0.1) is 0 Å². The molecule has 1 heterocycles. The number of aliphatic hydroxyl groups excluding tert-OH is 1. The van der Waals surface area contributed by atoms with E-state index in [0.29, 0.717) is 19.3 Å². The predicted molar refractivity (Wildman–Crippen MR) is 134 cm³/mol. The molecular weight excluding hydrogens is 526 g/mol. The van der Waals surface area contributed by atoms with Gasteiger partial charge >= 0.3 is 0 Å². The van der Waals surface area contributed by atoms with Crippen LogP contribution in [0.4, 0.5) is 8.78 Å². The number of amides is 2. The van der Waals surface area contributed by atoms with Crippen molar-refractivity contribution in [2.45, 2.75) is 62.0 Å². The van der Waals surface area contributed by atoms with Crippen LogP contribution < -0.4 is 5.32 Å². The first-order valence-corrected chi connectivity index (χ1v) is 14.3. The van der Waals surface area contributed by atoms with Crippen molar-refractivity contribution in [3.05, 3.63) is 64.2 Å². The summed E-state index contributed by atoms with van der Waals surface area (Å²) in [7, 11) is -3.77. The van der Waals surface area contributed by atoms with Crippen LogP contribution in [0.15, 0.2) is 41.3 Å². The largest absolute Gasteiger partial charge is 0.395 e. The molecule has 4 rings (SSSR count). The first kappa shape index (κ1) is 27.5. The minimum Gasteiger partial charge on any atom is -0.395 e. The first-order valence-electron chi connectivity index (χ1n) is 12.3. The monoisotopic (exact) mass is 554 g/mol. The topological polar surface area (TPSA) is 104 Å². The Labute approximate surface area is 219 Å². The van der Waals surface area contributed by atoms with Gasteiger partial charge in [-0.05, 0) is 68.4 Å². The highest BCUT2D eigenvalue weighted by atomic mass is 35.5. The third kappa shape index (κ3) is 5.81. The molecule has 2 amide bonds. The SMILES string of the molecule is CC[C@@H]1CC[C@H](C(=O)NC(c2cc(F)c(Cl)cc2F)C2CC2)N1C(=O)c1cccc(S(=O)(=O)CCO)c1. The van der Waals surface area contributed by atoms with E-state index in [9.17, 15) is 26.8 Å². The molecule has 1 aliphatic carbocycles. The Morgan fingerprint density at radius 1 is 1.14 bits per heavy atom. The van der Waals surface area contributed by atoms with Gasteiger partial charge in [0.05, 0.1) is 28.3 Å². The van der Waals surface area contributed by atoms with Crippen molar-refractivity contribution in [3.8, 4) is 0 Å². The summed E-state index contributed by atoms with van der Waals surface area (Å²) < 4.78 is 53.6. The fourth-order valence-corrected chi connectivity index (χ4v) is 6.18. The molecule has 11 heteroatoms. The highest BCUT2D eigenvalue weighted by Crippen LogP contribution is 2.43. The molecule has 0 radical (unpaired) electrons. The van der Waals surface area contributed by atoms with Gasteiger partial charge < -0.3 is 15.3 Å². The highest BCUT2D eigenvalue weighted by Gasteiger charge is 2.43. The van der Waals surface area contributed by atoms with Crippen molar-refractivity contribution >= 4 is 33.3 Å². The molecule has 3 atom stereocenters. The van der Waals surface area contributed by atoms with Gasteiger partial charge in [-0.25, -0.2) is 17.2 Å². The Hall–Kier alpha value is -2.56. The minimum atomic E-state index is -3.77. The molecule has 1 aliphatic heterocycles. The summed E-state index contributed by atoms with van der Waals surface area (Å²) in [6.07, 6.45) is 3.03. The van der Waals surface area contributed by atoms with Crippen LogP contribution in [0.3, 0.4) is 0 Å². The molecule has 7 nitrogen and oxygen atoms in total. The van der Waals surface area contributed by atoms with Gasteiger partial charge in [0.25, 0.3) is 5.91 Å². The van der Waals surface area contributed by atoms with E-state index in [4.69, 9.17) is 16.7 Å². The lowest BCUT2D eigenvalue weighted by atomic mass is 10.0. The van der Waals surface area contributed by atoms with Crippen molar-refractivity contribution in [3.63, 3.8) is 0 Å². The lowest BCUT2D eigenvalue weighted by Gasteiger charge is -2.31. The van der Waals surface area contributed by atoms with Gasteiger partial charge in [0.15, 0.2) is 9.84 Å². The average molecular weight is 555 g/mol. The predicted octanol–water partition coefficient (Wildman–Crippen LogP) is 4.03. The number of benzene rings is 2. The number of nitrogens with one attached hydrogen (secondary N) is 1. The zero-order chi connectivity index (χ0) is 26.9. The van der Waals surface area contributed by atoms with Crippen molar-refractivity contribution < 1.29 is 31.9 Å². The van der Waals surface area contributed by atoms with Crippen LogP contribution in [0, 0.1) is 17.6 Å². The number of carbonyl (C=O) groups excluding carboxylic acids is 2. The summed E-state index contributed by atoms with van der Waals surface area (Å²) in [6.45, 7) is 1.35. The van der Waals surface area contributed by atoms with Crippen LogP contribution >= 0.6 is 11.6 Å². The van der Waals surface area contributed by atoms with E-state index in [1.165, 1.54) is 29.2 Å². The molecule has 1 saturated heterocycles. The average Bonchev–Trinajstić information content (AvgIpc) is 3.62. The van der Waals surface area contributed by atoms with Crippen LogP contribution in [-0.4, -0.2) is 54.7 Å². The summed E-state index contributed by atoms with van der Waals surface area (Å²) >= 11 is 5.70. The second kappa shape index (κ2) is 11.0. The summed E-state index contributed by atoms with van der Waals surface area (Å²) in [6, 6.07) is 5.59. The van der Waals surface area contributed by atoms with E-state index in [0.717, 1.165) is 25.0 Å². The third-order valence-electron chi connectivity index (χ3n) is 7.08. The van der Waals surface area contributed by atoms with E-state index < -0.39 is 57.7 Å². The molecular formula is C26H29ClF2N2O5S. The standard InChI is InChI=1S/C26H29ClF2N2O5S/c1-2-17-8-9-23(31(17)26(34)16-4-3-5-18(12-16)37(35,36)11-10-32)25(33)30-24(15-6-7-15)19-13-22(29)20(27)14-21(19)28/h3-5,12-15,17,23-24,32H,2,6-11H2,1H3,(H,30,33)/t17-,23-,24?/m1/s1. The Balaban J connectivity index is 1.60. The first-order chi connectivity index (χ1) is 17.6. The van der Waals surface area contributed by atoms with E-state index in [-0.39, 0.29) is 33.0 Å². The van der Waals surface area contributed by atoms with Crippen LogP contribution in [-0.2, 0) is 14.6 Å². The molecule has 2 fully saturated rings. The molecule has 0 bridgehead atoms. The maximum atomic E-state index is 14.7. The van der Waals surface area contributed by atoms with E-state index in [2.05, 4.69) is 5.32 Å². The number of aliphatic hydroxyl groups is 1. The van der Waals surface area contributed by atoms with Crippen LogP contribution in [0.2, 0.25) is 5.02 Å². The number of sulfone groups is 1. The molecule has 2 aromatic carbocycles. The van der Waals surface area contributed by atoms with Gasteiger partial charge in [-0.3, -0.25) is 9.59 Å². The van der Waals surface area contributed by atoms with Crippen molar-refractivity contribution in [1.29, 1.82) is 0 Å². The molecule has 1 saturated carbocycles. The number of likely N-dealkylation sites (tertiary alicyclic amines) is 1. The van der Waals surface area contributed by atoms with E-state index in [1.807, 2.05) is 6.92 Å². The number of carbonyl (C=O) groups is 2.